The summed E-state index contributed by atoms with van der Waals surface area (Å²) in [5, 5.41) is 0. The number of carbonyl (C=O) groups is 1. The molecule has 0 bridgehead atoms. The molecule has 1 aliphatic rings. The van der Waals surface area contributed by atoms with Crippen molar-refractivity contribution < 1.29 is 22.4 Å². The average molecular weight is 274 g/mol. The van der Waals surface area contributed by atoms with Crippen LogP contribution in [0.15, 0.2) is 18.2 Å². The Hall–Kier alpha value is -1.39. The van der Waals surface area contributed by atoms with Crippen molar-refractivity contribution in [3.05, 3.63) is 35.1 Å². The highest BCUT2D eigenvalue weighted by Gasteiger charge is 2.36. The maximum absolute atomic E-state index is 13.8. The molecule has 1 aliphatic carbocycles. The molecule has 1 aromatic carbocycles. The van der Waals surface area contributed by atoms with E-state index in [1.54, 1.807) is 0 Å². The second-order valence-electron chi connectivity index (χ2n) is 4.86. The number of alkyl halides is 3. The van der Waals surface area contributed by atoms with Gasteiger partial charge in [0.1, 0.15) is 5.82 Å². The summed E-state index contributed by atoms with van der Waals surface area (Å²) in [7, 11) is 0. The average Bonchev–Trinajstić information content (AvgIpc) is 2.38. The van der Waals surface area contributed by atoms with Crippen molar-refractivity contribution in [2.24, 2.45) is 5.92 Å². The molecule has 1 fully saturated rings. The summed E-state index contributed by atoms with van der Waals surface area (Å²) in [5.74, 6) is -2.28. The quantitative estimate of drug-likeness (QED) is 0.568. The van der Waals surface area contributed by atoms with Crippen LogP contribution in [-0.4, -0.2) is 5.78 Å². The topological polar surface area (TPSA) is 17.1 Å². The molecule has 1 nitrogen and oxygen atoms in total. The van der Waals surface area contributed by atoms with Crippen LogP contribution in [0, 0.1) is 11.7 Å². The van der Waals surface area contributed by atoms with Crippen molar-refractivity contribution in [1.29, 1.82) is 0 Å². The molecule has 0 unspecified atom stereocenters. The van der Waals surface area contributed by atoms with Gasteiger partial charge in [-0.2, -0.15) is 13.2 Å². The molecule has 0 atom stereocenters. The van der Waals surface area contributed by atoms with Gasteiger partial charge in [-0.25, -0.2) is 4.39 Å². The van der Waals surface area contributed by atoms with Crippen LogP contribution in [0.1, 0.15) is 48.0 Å². The minimum absolute atomic E-state index is 0.341. The van der Waals surface area contributed by atoms with Gasteiger partial charge in [0.05, 0.1) is 11.1 Å². The van der Waals surface area contributed by atoms with Crippen molar-refractivity contribution in [2.45, 2.75) is 38.3 Å². The molecular weight excluding hydrogens is 260 g/mol. The lowest BCUT2D eigenvalue weighted by molar-refractivity contribution is -0.140. The van der Waals surface area contributed by atoms with Crippen LogP contribution in [0.4, 0.5) is 17.6 Å². The van der Waals surface area contributed by atoms with E-state index in [2.05, 4.69) is 0 Å². The van der Waals surface area contributed by atoms with E-state index in [1.807, 2.05) is 0 Å². The van der Waals surface area contributed by atoms with E-state index in [4.69, 9.17) is 0 Å². The van der Waals surface area contributed by atoms with Crippen LogP contribution >= 0.6 is 0 Å². The molecule has 0 saturated heterocycles. The van der Waals surface area contributed by atoms with Crippen LogP contribution in [0.2, 0.25) is 0 Å². The van der Waals surface area contributed by atoms with Crippen LogP contribution in [0.5, 0.6) is 0 Å². The Labute approximate surface area is 108 Å². The Balaban J connectivity index is 2.32. The van der Waals surface area contributed by atoms with Gasteiger partial charge in [0.2, 0.25) is 0 Å². The second kappa shape index (κ2) is 5.31. The van der Waals surface area contributed by atoms with Gasteiger partial charge in [-0.1, -0.05) is 25.3 Å². The normalized spacial score (nSPS) is 17.5. The first kappa shape index (κ1) is 14.0. The largest absolute Gasteiger partial charge is 0.419 e. The number of benzene rings is 1. The van der Waals surface area contributed by atoms with Crippen molar-refractivity contribution in [1.82, 2.24) is 0 Å². The molecular formula is C14H14F4O. The summed E-state index contributed by atoms with van der Waals surface area (Å²) in [6.07, 6.45) is -0.737. The minimum atomic E-state index is -4.77. The maximum Gasteiger partial charge on any atom is 0.419 e. The Bertz CT molecular complexity index is 473. The molecule has 1 saturated carbocycles. The smallest absolute Gasteiger partial charge is 0.294 e. The zero-order valence-electron chi connectivity index (χ0n) is 10.3. The van der Waals surface area contributed by atoms with E-state index in [1.165, 1.54) is 0 Å². The number of Topliss-reactive ketones (excluding diaryl/α,β-unsaturated/α-hetero) is 1. The van der Waals surface area contributed by atoms with Crippen LogP contribution < -0.4 is 0 Å². The lowest BCUT2D eigenvalue weighted by Crippen LogP contribution is -2.20. The fraction of sp³-hybridized carbons (Fsp3) is 0.500. The van der Waals surface area contributed by atoms with E-state index in [-0.39, 0.29) is 5.92 Å². The lowest BCUT2D eigenvalue weighted by atomic mass is 9.83. The van der Waals surface area contributed by atoms with E-state index in [0.29, 0.717) is 18.9 Å². The van der Waals surface area contributed by atoms with Gasteiger partial charge in [-0.15, -0.1) is 0 Å². The van der Waals surface area contributed by atoms with Gasteiger partial charge in [-0.3, -0.25) is 4.79 Å². The van der Waals surface area contributed by atoms with Crippen molar-refractivity contribution in [3.8, 4) is 0 Å². The minimum Gasteiger partial charge on any atom is -0.294 e. The van der Waals surface area contributed by atoms with Crippen LogP contribution in [0.25, 0.3) is 0 Å². The molecule has 5 heteroatoms. The summed E-state index contributed by atoms with van der Waals surface area (Å²) in [6, 6.07) is 2.89. The molecule has 2 rings (SSSR count). The number of ketones is 1. The van der Waals surface area contributed by atoms with Gasteiger partial charge in [0.25, 0.3) is 0 Å². The van der Waals surface area contributed by atoms with Gasteiger partial charge >= 0.3 is 6.18 Å². The van der Waals surface area contributed by atoms with Gasteiger partial charge in [0.15, 0.2) is 5.78 Å². The SMILES string of the molecule is O=C(c1cccc(C(F)(F)F)c1F)C1CCCCC1. The Morgan fingerprint density at radius 2 is 1.74 bits per heavy atom. The molecule has 104 valence electrons. The van der Waals surface area contributed by atoms with Crippen molar-refractivity contribution in [2.75, 3.05) is 0 Å². The zero-order chi connectivity index (χ0) is 14.0. The number of carbonyl (C=O) groups excluding carboxylic acids is 1. The standard InChI is InChI=1S/C14H14F4O/c15-12-10(7-4-8-11(12)14(16,17)18)13(19)9-5-2-1-3-6-9/h4,7-9H,1-3,5-6H2. The summed E-state index contributed by atoms with van der Waals surface area (Å²) in [6.45, 7) is 0. The first-order chi connectivity index (χ1) is 8.91. The first-order valence-electron chi connectivity index (χ1n) is 6.31. The van der Waals surface area contributed by atoms with E-state index >= 15 is 0 Å². The highest BCUT2D eigenvalue weighted by atomic mass is 19.4. The third-order valence-electron chi connectivity index (χ3n) is 3.55. The predicted octanol–water partition coefficient (Wildman–Crippen LogP) is 4.61. The van der Waals surface area contributed by atoms with Gasteiger partial charge in [-0.05, 0) is 25.0 Å². The number of hydrogen-bond donors (Lipinski definition) is 0. The summed E-state index contributed by atoms with van der Waals surface area (Å²) >= 11 is 0. The summed E-state index contributed by atoms with van der Waals surface area (Å²) in [4.78, 5) is 12.1. The van der Waals surface area contributed by atoms with Crippen LogP contribution in [0.3, 0.4) is 0 Å². The molecule has 1 aromatic rings. The maximum atomic E-state index is 13.8. The molecule has 0 aliphatic heterocycles. The Morgan fingerprint density at radius 3 is 2.32 bits per heavy atom. The molecule has 0 heterocycles. The van der Waals surface area contributed by atoms with E-state index < -0.39 is 28.9 Å². The Morgan fingerprint density at radius 1 is 1.11 bits per heavy atom. The second-order valence-corrected chi connectivity index (χ2v) is 4.86. The van der Waals surface area contributed by atoms with Gasteiger partial charge in [0, 0.05) is 5.92 Å². The first-order valence-corrected chi connectivity index (χ1v) is 6.31. The number of hydrogen-bond acceptors (Lipinski definition) is 1. The molecule has 0 amide bonds. The number of halogens is 4. The van der Waals surface area contributed by atoms with Crippen LogP contribution in [-0.2, 0) is 6.18 Å². The summed E-state index contributed by atoms with van der Waals surface area (Å²) in [5.41, 5.74) is -1.80. The molecule has 19 heavy (non-hydrogen) atoms. The monoisotopic (exact) mass is 274 g/mol. The number of rotatable bonds is 2. The fourth-order valence-corrected chi connectivity index (χ4v) is 2.53. The molecule has 0 aromatic heterocycles. The predicted molar refractivity (Wildman–Crippen MR) is 62.3 cm³/mol. The van der Waals surface area contributed by atoms with Gasteiger partial charge < -0.3 is 0 Å². The third kappa shape index (κ3) is 2.96. The van der Waals surface area contributed by atoms with E-state index in [0.717, 1.165) is 31.4 Å². The highest BCUT2D eigenvalue weighted by Crippen LogP contribution is 2.34. The fourth-order valence-electron chi connectivity index (χ4n) is 2.53. The molecule has 0 radical (unpaired) electrons. The molecule has 0 N–H and O–H groups in total. The third-order valence-corrected chi connectivity index (χ3v) is 3.55. The van der Waals surface area contributed by atoms with Crippen molar-refractivity contribution >= 4 is 5.78 Å². The zero-order valence-corrected chi connectivity index (χ0v) is 10.3. The van der Waals surface area contributed by atoms with Crippen molar-refractivity contribution in [3.63, 3.8) is 0 Å². The lowest BCUT2D eigenvalue weighted by Gasteiger charge is -2.21. The molecule has 0 spiro atoms. The highest BCUT2D eigenvalue weighted by molar-refractivity contribution is 5.98. The van der Waals surface area contributed by atoms with E-state index in [9.17, 15) is 22.4 Å². The summed E-state index contributed by atoms with van der Waals surface area (Å²) < 4.78 is 51.6. The Kier molecular flexibility index (Phi) is 3.92.